The number of halogens is 1. The van der Waals surface area contributed by atoms with Crippen LogP contribution < -0.4 is 0 Å². The molecule has 2 heterocycles. The molecule has 0 saturated carbocycles. The largest absolute Gasteiger partial charge is 0.296 e. The van der Waals surface area contributed by atoms with Crippen molar-refractivity contribution in [3.05, 3.63) is 36.0 Å². The number of hydrogen-bond acceptors (Lipinski definition) is 2. The van der Waals surface area contributed by atoms with Gasteiger partial charge in [0.1, 0.15) is 5.65 Å². The number of fused-ring (bicyclic) bond motifs is 1. The summed E-state index contributed by atoms with van der Waals surface area (Å²) in [6, 6.07) is 5.04. The highest BCUT2D eigenvalue weighted by molar-refractivity contribution is 5.73. The van der Waals surface area contributed by atoms with Gasteiger partial charge in [-0.3, -0.25) is 9.20 Å². The third kappa shape index (κ3) is 0.812. The highest BCUT2D eigenvalue weighted by Crippen LogP contribution is 2.07. The van der Waals surface area contributed by atoms with Crippen LogP contribution in [0.2, 0.25) is 0 Å². The highest BCUT2D eigenvalue weighted by Gasteiger charge is 2.08. The summed E-state index contributed by atoms with van der Waals surface area (Å²) in [5, 5.41) is 0. The predicted octanol–water partition coefficient (Wildman–Crippen LogP) is 1.29. The molecule has 0 radical (unpaired) electrons. The summed E-state index contributed by atoms with van der Waals surface area (Å²) in [6.45, 7) is 0. The summed E-state index contributed by atoms with van der Waals surface area (Å²) in [5.41, 5.74) is 0.290. The van der Waals surface area contributed by atoms with Crippen molar-refractivity contribution in [2.75, 3.05) is 0 Å². The lowest BCUT2D eigenvalue weighted by molar-refractivity contribution is 0.111. The van der Waals surface area contributed by atoms with Gasteiger partial charge in [-0.25, -0.2) is 4.98 Å². The Bertz CT molecular complexity index is 436. The third-order valence-corrected chi connectivity index (χ3v) is 1.61. The van der Waals surface area contributed by atoms with Crippen LogP contribution >= 0.6 is 0 Å². The lowest BCUT2D eigenvalue weighted by Crippen LogP contribution is -1.88. The summed E-state index contributed by atoms with van der Waals surface area (Å²) in [6.07, 6.45) is 1.92. The second kappa shape index (κ2) is 2.41. The van der Waals surface area contributed by atoms with Gasteiger partial charge in [0.25, 0.3) is 0 Å². The molecule has 2 aromatic rings. The number of carbonyl (C=O) groups excluding carboxylic acids is 1. The van der Waals surface area contributed by atoms with Crippen molar-refractivity contribution in [1.82, 2.24) is 9.38 Å². The fraction of sp³-hybridized carbons (Fsp3) is 0. The SMILES string of the molecule is O=Cc1nc2ccccn2c1F. The molecule has 4 heteroatoms. The molecule has 0 fully saturated rings. The molecule has 3 nitrogen and oxygen atoms in total. The summed E-state index contributed by atoms with van der Waals surface area (Å²) >= 11 is 0. The van der Waals surface area contributed by atoms with Crippen molar-refractivity contribution < 1.29 is 9.18 Å². The normalized spacial score (nSPS) is 10.4. The zero-order valence-electron chi connectivity index (χ0n) is 6.07. The van der Waals surface area contributed by atoms with E-state index in [4.69, 9.17) is 0 Å². The van der Waals surface area contributed by atoms with Crippen LogP contribution in [-0.2, 0) is 0 Å². The van der Waals surface area contributed by atoms with Gasteiger partial charge in [0.2, 0.25) is 5.95 Å². The maximum atomic E-state index is 13.1. The Kier molecular flexibility index (Phi) is 1.40. The van der Waals surface area contributed by atoms with Gasteiger partial charge in [-0.1, -0.05) is 6.07 Å². The molecule has 2 aromatic heterocycles. The molecule has 0 atom stereocenters. The minimum absolute atomic E-state index is 0.152. The molecule has 0 saturated heterocycles. The predicted molar refractivity (Wildman–Crippen MR) is 40.5 cm³/mol. The van der Waals surface area contributed by atoms with Crippen molar-refractivity contribution in [3.8, 4) is 0 Å². The first-order chi connectivity index (χ1) is 5.83. The van der Waals surface area contributed by atoms with E-state index in [9.17, 15) is 9.18 Å². The maximum absolute atomic E-state index is 13.1. The van der Waals surface area contributed by atoms with Gasteiger partial charge in [0.15, 0.2) is 12.0 Å². The lowest BCUT2D eigenvalue weighted by atomic mass is 10.5. The minimum Gasteiger partial charge on any atom is -0.296 e. The van der Waals surface area contributed by atoms with Gasteiger partial charge in [-0.2, -0.15) is 4.39 Å². The van der Waals surface area contributed by atoms with Crippen LogP contribution in [0.3, 0.4) is 0 Å². The van der Waals surface area contributed by atoms with E-state index in [1.165, 1.54) is 10.6 Å². The van der Waals surface area contributed by atoms with Crippen molar-refractivity contribution in [1.29, 1.82) is 0 Å². The molecule has 0 aliphatic rings. The Morgan fingerprint density at radius 2 is 2.33 bits per heavy atom. The molecule has 2 rings (SSSR count). The third-order valence-electron chi connectivity index (χ3n) is 1.61. The Hall–Kier alpha value is -1.71. The fourth-order valence-corrected chi connectivity index (χ4v) is 1.06. The average molecular weight is 164 g/mol. The van der Waals surface area contributed by atoms with Crippen molar-refractivity contribution >= 4 is 11.9 Å². The fourth-order valence-electron chi connectivity index (χ4n) is 1.06. The molecule has 0 spiro atoms. The molecule has 60 valence electrons. The van der Waals surface area contributed by atoms with Crippen molar-refractivity contribution in [2.45, 2.75) is 0 Å². The molecule has 0 unspecified atom stereocenters. The van der Waals surface area contributed by atoms with Crippen LogP contribution in [0.4, 0.5) is 4.39 Å². The van der Waals surface area contributed by atoms with Gasteiger partial charge in [0, 0.05) is 6.20 Å². The van der Waals surface area contributed by atoms with Crippen LogP contribution in [0.15, 0.2) is 24.4 Å². The van der Waals surface area contributed by atoms with E-state index < -0.39 is 5.95 Å². The molecule has 0 bridgehead atoms. The van der Waals surface area contributed by atoms with E-state index in [0.29, 0.717) is 11.9 Å². The maximum Gasteiger partial charge on any atom is 0.228 e. The summed E-state index contributed by atoms with van der Waals surface area (Å²) in [7, 11) is 0. The van der Waals surface area contributed by atoms with Crippen molar-refractivity contribution in [3.63, 3.8) is 0 Å². The summed E-state index contributed by atoms with van der Waals surface area (Å²) in [5.74, 6) is -0.611. The standard InChI is InChI=1S/C8H5FN2O/c9-8-6(5-12)10-7-3-1-2-4-11(7)8/h1-5H. The Morgan fingerprint density at radius 1 is 1.50 bits per heavy atom. The van der Waals surface area contributed by atoms with E-state index in [1.54, 1.807) is 18.2 Å². The molecule has 0 aromatic carbocycles. The van der Waals surface area contributed by atoms with Crippen LogP contribution in [-0.4, -0.2) is 15.7 Å². The molecular weight excluding hydrogens is 159 g/mol. The van der Waals surface area contributed by atoms with Gasteiger partial charge in [-0.15, -0.1) is 0 Å². The number of hydrogen-bond donors (Lipinski definition) is 0. The van der Waals surface area contributed by atoms with Gasteiger partial charge < -0.3 is 0 Å². The van der Waals surface area contributed by atoms with E-state index in [0.717, 1.165) is 0 Å². The molecule has 12 heavy (non-hydrogen) atoms. The Balaban J connectivity index is 2.87. The van der Waals surface area contributed by atoms with Crippen molar-refractivity contribution in [2.24, 2.45) is 0 Å². The molecule has 0 amide bonds. The smallest absolute Gasteiger partial charge is 0.228 e. The molecule has 0 N–H and O–H groups in total. The quantitative estimate of drug-likeness (QED) is 0.595. The number of imidazole rings is 1. The number of rotatable bonds is 1. The first kappa shape index (κ1) is 6.97. The summed E-state index contributed by atoms with van der Waals surface area (Å²) < 4.78 is 14.3. The molecular formula is C8H5FN2O. The average Bonchev–Trinajstić information content (AvgIpc) is 2.44. The molecule has 0 aliphatic carbocycles. The first-order valence-corrected chi connectivity index (χ1v) is 3.40. The van der Waals surface area contributed by atoms with Crippen LogP contribution in [0.1, 0.15) is 10.5 Å². The zero-order chi connectivity index (χ0) is 8.55. The number of aldehydes is 1. The second-order valence-corrected chi connectivity index (χ2v) is 2.33. The lowest BCUT2D eigenvalue weighted by Gasteiger charge is -1.89. The number of pyridine rings is 1. The van der Waals surface area contributed by atoms with Crippen LogP contribution in [0.5, 0.6) is 0 Å². The Morgan fingerprint density at radius 3 is 3.00 bits per heavy atom. The second-order valence-electron chi connectivity index (χ2n) is 2.33. The van der Waals surface area contributed by atoms with Crippen LogP contribution in [0, 0.1) is 5.95 Å². The summed E-state index contributed by atoms with van der Waals surface area (Å²) in [4.78, 5) is 14.0. The zero-order valence-corrected chi connectivity index (χ0v) is 6.07. The highest BCUT2D eigenvalue weighted by atomic mass is 19.1. The Labute approximate surface area is 67.5 Å². The topological polar surface area (TPSA) is 34.4 Å². The molecule has 0 aliphatic heterocycles. The first-order valence-electron chi connectivity index (χ1n) is 3.40. The van der Waals surface area contributed by atoms with Gasteiger partial charge >= 0.3 is 0 Å². The van der Waals surface area contributed by atoms with E-state index in [-0.39, 0.29) is 5.69 Å². The number of nitrogens with zero attached hydrogens (tertiary/aromatic N) is 2. The number of aromatic nitrogens is 2. The minimum atomic E-state index is -0.611. The van der Waals surface area contributed by atoms with Crippen LogP contribution in [0.25, 0.3) is 5.65 Å². The van der Waals surface area contributed by atoms with E-state index >= 15 is 0 Å². The number of carbonyl (C=O) groups is 1. The van der Waals surface area contributed by atoms with E-state index in [1.807, 2.05) is 0 Å². The van der Waals surface area contributed by atoms with Gasteiger partial charge in [-0.05, 0) is 12.1 Å². The van der Waals surface area contributed by atoms with Gasteiger partial charge in [0.05, 0.1) is 0 Å². The monoisotopic (exact) mass is 164 g/mol. The van der Waals surface area contributed by atoms with E-state index in [2.05, 4.69) is 4.98 Å².